The van der Waals surface area contributed by atoms with Gasteiger partial charge in [0.25, 0.3) is 5.91 Å². The van der Waals surface area contributed by atoms with Crippen LogP contribution in [0.1, 0.15) is 29.8 Å². The van der Waals surface area contributed by atoms with Crippen molar-refractivity contribution in [1.29, 1.82) is 0 Å². The maximum Gasteiger partial charge on any atom is 0.251 e. The van der Waals surface area contributed by atoms with Gasteiger partial charge in [0.2, 0.25) is 0 Å². The van der Waals surface area contributed by atoms with Crippen LogP contribution >= 0.6 is 12.2 Å². The Morgan fingerprint density at radius 3 is 2.67 bits per heavy atom. The van der Waals surface area contributed by atoms with E-state index >= 15 is 0 Å². The van der Waals surface area contributed by atoms with Gasteiger partial charge < -0.3 is 16.4 Å². The van der Waals surface area contributed by atoms with Gasteiger partial charge in [0.15, 0.2) is 5.11 Å². The van der Waals surface area contributed by atoms with Crippen LogP contribution in [0.25, 0.3) is 0 Å². The maximum atomic E-state index is 12.0. The molecule has 4 N–H and O–H groups in total. The van der Waals surface area contributed by atoms with E-state index in [0.717, 1.165) is 11.3 Å². The molecule has 0 aromatic heterocycles. The van der Waals surface area contributed by atoms with Gasteiger partial charge in [0, 0.05) is 17.8 Å². The highest BCUT2D eigenvalue weighted by Gasteiger charge is 2.11. The third-order valence-corrected chi connectivity index (χ3v) is 2.61. The van der Waals surface area contributed by atoms with Crippen molar-refractivity contribution in [2.24, 2.45) is 11.7 Å². The molecule has 1 rings (SSSR count). The van der Waals surface area contributed by atoms with Crippen molar-refractivity contribution in [2.75, 3.05) is 11.9 Å². The zero-order valence-corrected chi connectivity index (χ0v) is 11.7. The summed E-state index contributed by atoms with van der Waals surface area (Å²) in [5, 5.41) is 5.94. The lowest BCUT2D eigenvalue weighted by atomic mass is 10.1. The fraction of sp³-hybridized carbons (Fsp3) is 0.385. The summed E-state index contributed by atoms with van der Waals surface area (Å²) in [6.45, 7) is 6.63. The number of nitrogens with two attached hydrogens (primary N) is 1. The van der Waals surface area contributed by atoms with Gasteiger partial charge >= 0.3 is 0 Å². The van der Waals surface area contributed by atoms with Crippen LogP contribution in [-0.4, -0.2) is 17.6 Å². The Morgan fingerprint density at radius 1 is 1.44 bits per heavy atom. The normalized spacial score (nSPS) is 10.2. The van der Waals surface area contributed by atoms with Gasteiger partial charge in [-0.05, 0) is 42.8 Å². The summed E-state index contributed by atoms with van der Waals surface area (Å²) in [4.78, 5) is 12.0. The highest BCUT2D eigenvalue weighted by molar-refractivity contribution is 7.80. The molecule has 0 heterocycles. The van der Waals surface area contributed by atoms with Crippen LogP contribution in [0, 0.1) is 12.8 Å². The van der Waals surface area contributed by atoms with E-state index in [1.54, 1.807) is 12.1 Å². The lowest BCUT2D eigenvalue weighted by molar-refractivity contribution is 0.0948. The molecule has 18 heavy (non-hydrogen) atoms. The number of rotatable bonds is 4. The second-order valence-corrected chi connectivity index (χ2v) is 5.01. The molecule has 0 spiro atoms. The Labute approximate surface area is 113 Å². The number of benzene rings is 1. The predicted octanol–water partition coefficient (Wildman–Crippen LogP) is 2.04. The van der Waals surface area contributed by atoms with Crippen molar-refractivity contribution in [1.82, 2.24) is 5.32 Å². The first-order valence-electron chi connectivity index (χ1n) is 5.86. The summed E-state index contributed by atoms with van der Waals surface area (Å²) in [6, 6.07) is 5.43. The number of hydrogen-bond acceptors (Lipinski definition) is 2. The second-order valence-electron chi connectivity index (χ2n) is 4.57. The van der Waals surface area contributed by atoms with Crippen LogP contribution in [0.3, 0.4) is 0 Å². The summed E-state index contributed by atoms with van der Waals surface area (Å²) in [6.07, 6.45) is 0. The van der Waals surface area contributed by atoms with Crippen LogP contribution < -0.4 is 16.4 Å². The molecular formula is C13H19N3OS. The van der Waals surface area contributed by atoms with Crippen LogP contribution in [-0.2, 0) is 0 Å². The van der Waals surface area contributed by atoms with Gasteiger partial charge in [0.05, 0.1) is 0 Å². The molecule has 0 saturated heterocycles. The minimum Gasteiger partial charge on any atom is -0.376 e. The third-order valence-electron chi connectivity index (χ3n) is 2.51. The largest absolute Gasteiger partial charge is 0.376 e. The molecule has 1 aromatic rings. The van der Waals surface area contributed by atoms with Crippen molar-refractivity contribution in [3.8, 4) is 0 Å². The van der Waals surface area contributed by atoms with E-state index < -0.39 is 0 Å². The average molecular weight is 265 g/mol. The van der Waals surface area contributed by atoms with Gasteiger partial charge in [-0.25, -0.2) is 0 Å². The Bertz CT molecular complexity index is 458. The number of anilines is 1. The Hall–Kier alpha value is -1.62. The molecule has 1 amide bonds. The Kier molecular flexibility index (Phi) is 5.09. The first kappa shape index (κ1) is 14.4. The number of thiocarbonyl (C=S) groups is 1. The van der Waals surface area contributed by atoms with E-state index in [1.807, 2.05) is 13.0 Å². The van der Waals surface area contributed by atoms with E-state index in [-0.39, 0.29) is 11.0 Å². The standard InChI is InChI=1S/C13H19N3OS/c1-8(2)7-15-12(17)10-5-4-6-11(9(10)3)16-13(14)18/h4-6,8H,7H2,1-3H3,(H,15,17)(H3,14,16,18). The number of carbonyl (C=O) groups is 1. The molecule has 0 bridgehead atoms. The lowest BCUT2D eigenvalue weighted by Crippen LogP contribution is -2.28. The Balaban J connectivity index is 2.89. The molecule has 0 atom stereocenters. The van der Waals surface area contributed by atoms with Gasteiger partial charge in [-0.1, -0.05) is 19.9 Å². The molecule has 0 aliphatic carbocycles. The van der Waals surface area contributed by atoms with E-state index in [0.29, 0.717) is 18.0 Å². The minimum atomic E-state index is -0.0761. The molecule has 98 valence electrons. The molecule has 0 unspecified atom stereocenters. The third kappa shape index (κ3) is 4.00. The van der Waals surface area contributed by atoms with Crippen molar-refractivity contribution < 1.29 is 4.79 Å². The second kappa shape index (κ2) is 6.35. The van der Waals surface area contributed by atoms with E-state index in [4.69, 9.17) is 18.0 Å². The molecule has 0 aliphatic rings. The van der Waals surface area contributed by atoms with Gasteiger partial charge in [-0.2, -0.15) is 0 Å². The van der Waals surface area contributed by atoms with Crippen LogP contribution in [0.15, 0.2) is 18.2 Å². The number of amides is 1. The molecule has 4 nitrogen and oxygen atoms in total. The lowest BCUT2D eigenvalue weighted by Gasteiger charge is -2.13. The van der Waals surface area contributed by atoms with Crippen molar-refractivity contribution >= 4 is 28.9 Å². The molecule has 0 fully saturated rings. The number of carbonyl (C=O) groups excluding carboxylic acids is 1. The molecule has 5 heteroatoms. The maximum absolute atomic E-state index is 12.0. The van der Waals surface area contributed by atoms with Gasteiger partial charge in [0.1, 0.15) is 0 Å². The predicted molar refractivity (Wildman–Crippen MR) is 78.8 cm³/mol. The SMILES string of the molecule is Cc1c(NC(N)=S)cccc1C(=O)NCC(C)C. The summed E-state index contributed by atoms with van der Waals surface area (Å²) < 4.78 is 0. The quantitative estimate of drug-likeness (QED) is 0.729. The monoisotopic (exact) mass is 265 g/mol. The van der Waals surface area contributed by atoms with E-state index in [2.05, 4.69) is 24.5 Å². The number of nitrogens with one attached hydrogen (secondary N) is 2. The van der Waals surface area contributed by atoms with Crippen molar-refractivity contribution in [3.63, 3.8) is 0 Å². The minimum absolute atomic E-state index is 0.0761. The van der Waals surface area contributed by atoms with Crippen LogP contribution in [0.5, 0.6) is 0 Å². The molecule has 0 saturated carbocycles. The van der Waals surface area contributed by atoms with Crippen LogP contribution in [0.4, 0.5) is 5.69 Å². The van der Waals surface area contributed by atoms with E-state index in [9.17, 15) is 4.79 Å². The summed E-state index contributed by atoms with van der Waals surface area (Å²) >= 11 is 4.80. The fourth-order valence-corrected chi connectivity index (χ4v) is 1.65. The van der Waals surface area contributed by atoms with Crippen molar-refractivity contribution in [2.45, 2.75) is 20.8 Å². The zero-order chi connectivity index (χ0) is 13.7. The smallest absolute Gasteiger partial charge is 0.251 e. The molecule has 0 aliphatic heterocycles. The summed E-state index contributed by atoms with van der Waals surface area (Å²) in [5.41, 5.74) is 7.68. The van der Waals surface area contributed by atoms with Crippen LogP contribution in [0.2, 0.25) is 0 Å². The van der Waals surface area contributed by atoms with Crippen molar-refractivity contribution in [3.05, 3.63) is 29.3 Å². The molecule has 1 aromatic carbocycles. The topological polar surface area (TPSA) is 67.1 Å². The first-order chi connectivity index (χ1) is 8.41. The fourth-order valence-electron chi connectivity index (χ4n) is 1.54. The summed E-state index contributed by atoms with van der Waals surface area (Å²) in [5.74, 6) is 0.347. The highest BCUT2D eigenvalue weighted by Crippen LogP contribution is 2.18. The first-order valence-corrected chi connectivity index (χ1v) is 6.27. The van der Waals surface area contributed by atoms with Gasteiger partial charge in [-0.3, -0.25) is 4.79 Å². The zero-order valence-electron chi connectivity index (χ0n) is 10.9. The molecular weight excluding hydrogens is 246 g/mol. The average Bonchev–Trinajstić information content (AvgIpc) is 2.28. The molecule has 0 radical (unpaired) electrons. The van der Waals surface area contributed by atoms with E-state index in [1.165, 1.54) is 0 Å². The summed E-state index contributed by atoms with van der Waals surface area (Å²) in [7, 11) is 0. The number of hydrogen-bond donors (Lipinski definition) is 3. The van der Waals surface area contributed by atoms with Gasteiger partial charge in [-0.15, -0.1) is 0 Å². The Morgan fingerprint density at radius 2 is 2.11 bits per heavy atom. The highest BCUT2D eigenvalue weighted by atomic mass is 32.1.